The van der Waals surface area contributed by atoms with Crippen molar-refractivity contribution in [1.82, 2.24) is 0 Å². The first kappa shape index (κ1) is 5.69. The molecule has 0 bridgehead atoms. The largest absolute Gasteiger partial charge is 0.102 e. The van der Waals surface area contributed by atoms with E-state index < -0.39 is 0 Å². The van der Waals surface area contributed by atoms with E-state index in [0.29, 0.717) is 5.41 Å². The SMILES string of the molecule is CC1CC#CC1(C)C. The van der Waals surface area contributed by atoms with Crippen molar-refractivity contribution < 1.29 is 0 Å². The summed E-state index contributed by atoms with van der Waals surface area (Å²) in [5.74, 6) is 7.05. The molecule has 1 aliphatic carbocycles. The lowest BCUT2D eigenvalue weighted by atomic mass is 9.83. The molecular weight excluding hydrogens is 96.1 g/mol. The van der Waals surface area contributed by atoms with Gasteiger partial charge in [-0.3, -0.25) is 0 Å². The van der Waals surface area contributed by atoms with E-state index >= 15 is 0 Å². The maximum Gasteiger partial charge on any atom is 0.0293 e. The molecule has 0 amide bonds. The standard InChI is InChI=1S/C8H12/c1-7-5-4-6-8(7,2)3/h7H,5H2,1-3H3. The Morgan fingerprint density at radius 1 is 1.50 bits per heavy atom. The zero-order valence-electron chi connectivity index (χ0n) is 5.78. The molecule has 1 atom stereocenters. The van der Waals surface area contributed by atoms with Crippen molar-refractivity contribution in [3.63, 3.8) is 0 Å². The van der Waals surface area contributed by atoms with Crippen molar-refractivity contribution in [3.8, 4) is 11.8 Å². The molecular formula is C8H12. The van der Waals surface area contributed by atoms with Gasteiger partial charge < -0.3 is 0 Å². The fraction of sp³-hybridized carbons (Fsp3) is 0.750. The molecule has 0 radical (unpaired) electrons. The van der Waals surface area contributed by atoms with Crippen LogP contribution in [0.25, 0.3) is 0 Å². The zero-order valence-corrected chi connectivity index (χ0v) is 5.78. The van der Waals surface area contributed by atoms with Gasteiger partial charge in [0.25, 0.3) is 0 Å². The summed E-state index contributed by atoms with van der Waals surface area (Å²) in [5.41, 5.74) is 0.292. The summed E-state index contributed by atoms with van der Waals surface area (Å²) in [6.45, 7) is 6.66. The first-order chi connectivity index (χ1) is 3.63. The van der Waals surface area contributed by atoms with Crippen LogP contribution in [-0.2, 0) is 0 Å². The molecule has 0 aliphatic heterocycles. The van der Waals surface area contributed by atoms with Crippen LogP contribution in [0.3, 0.4) is 0 Å². The third-order valence-corrected chi connectivity index (χ3v) is 2.05. The smallest absolute Gasteiger partial charge is 0.0293 e. The van der Waals surface area contributed by atoms with Gasteiger partial charge in [-0.1, -0.05) is 12.8 Å². The second kappa shape index (κ2) is 1.52. The molecule has 0 nitrogen and oxygen atoms in total. The molecule has 0 saturated heterocycles. The highest BCUT2D eigenvalue weighted by molar-refractivity contribution is 5.17. The fourth-order valence-electron chi connectivity index (χ4n) is 0.810. The van der Waals surface area contributed by atoms with E-state index in [4.69, 9.17) is 0 Å². The second-order valence-corrected chi connectivity index (χ2v) is 3.13. The topological polar surface area (TPSA) is 0 Å². The Kier molecular flexibility index (Phi) is 1.08. The van der Waals surface area contributed by atoms with Gasteiger partial charge in [0.05, 0.1) is 0 Å². The molecule has 1 aliphatic rings. The summed E-state index contributed by atoms with van der Waals surface area (Å²) in [5, 5.41) is 0. The summed E-state index contributed by atoms with van der Waals surface area (Å²) in [6, 6.07) is 0. The van der Waals surface area contributed by atoms with Crippen LogP contribution in [0.2, 0.25) is 0 Å². The molecule has 0 saturated carbocycles. The summed E-state index contributed by atoms with van der Waals surface area (Å²) in [6.07, 6.45) is 1.09. The minimum absolute atomic E-state index is 0.292. The molecule has 1 rings (SSSR count). The third-order valence-electron chi connectivity index (χ3n) is 2.05. The maximum atomic E-state index is 3.20. The molecule has 1 unspecified atom stereocenters. The van der Waals surface area contributed by atoms with Crippen LogP contribution in [0.5, 0.6) is 0 Å². The Balaban J connectivity index is 2.72. The lowest BCUT2D eigenvalue weighted by Crippen LogP contribution is -2.14. The molecule has 0 aromatic heterocycles. The van der Waals surface area contributed by atoms with Crippen molar-refractivity contribution in [2.75, 3.05) is 0 Å². The molecule has 0 aromatic rings. The number of hydrogen-bond acceptors (Lipinski definition) is 0. The summed E-state index contributed by atoms with van der Waals surface area (Å²) in [4.78, 5) is 0. The van der Waals surface area contributed by atoms with E-state index in [0.717, 1.165) is 12.3 Å². The first-order valence-corrected chi connectivity index (χ1v) is 3.13. The van der Waals surface area contributed by atoms with Crippen LogP contribution >= 0.6 is 0 Å². The van der Waals surface area contributed by atoms with Crippen LogP contribution in [0.15, 0.2) is 0 Å². The highest BCUT2D eigenvalue weighted by Crippen LogP contribution is 2.31. The Hall–Kier alpha value is -0.440. The van der Waals surface area contributed by atoms with Crippen LogP contribution in [0, 0.1) is 23.2 Å². The molecule has 0 heterocycles. The van der Waals surface area contributed by atoms with E-state index in [2.05, 4.69) is 32.6 Å². The van der Waals surface area contributed by atoms with Gasteiger partial charge in [0, 0.05) is 11.8 Å². The van der Waals surface area contributed by atoms with E-state index in [1.54, 1.807) is 0 Å². The first-order valence-electron chi connectivity index (χ1n) is 3.13. The van der Waals surface area contributed by atoms with Crippen molar-refractivity contribution in [2.45, 2.75) is 27.2 Å². The Labute approximate surface area is 51.3 Å². The van der Waals surface area contributed by atoms with Crippen LogP contribution in [-0.4, -0.2) is 0 Å². The van der Waals surface area contributed by atoms with Crippen molar-refractivity contribution >= 4 is 0 Å². The summed E-state index contributed by atoms with van der Waals surface area (Å²) < 4.78 is 0. The fourth-order valence-corrected chi connectivity index (χ4v) is 0.810. The number of hydrogen-bond donors (Lipinski definition) is 0. The van der Waals surface area contributed by atoms with Gasteiger partial charge in [-0.2, -0.15) is 0 Å². The maximum absolute atomic E-state index is 3.20. The van der Waals surface area contributed by atoms with Gasteiger partial charge in [-0.15, -0.1) is 5.92 Å². The van der Waals surface area contributed by atoms with Gasteiger partial charge >= 0.3 is 0 Å². The van der Waals surface area contributed by atoms with Crippen LogP contribution in [0.1, 0.15) is 27.2 Å². The highest BCUT2D eigenvalue weighted by Gasteiger charge is 2.25. The predicted molar refractivity (Wildman–Crippen MR) is 35.3 cm³/mol. The Morgan fingerprint density at radius 2 is 2.12 bits per heavy atom. The van der Waals surface area contributed by atoms with Crippen molar-refractivity contribution in [2.24, 2.45) is 11.3 Å². The summed E-state index contributed by atoms with van der Waals surface area (Å²) >= 11 is 0. The van der Waals surface area contributed by atoms with Crippen molar-refractivity contribution in [1.29, 1.82) is 0 Å². The van der Waals surface area contributed by atoms with E-state index in [1.165, 1.54) is 0 Å². The molecule has 44 valence electrons. The zero-order chi connectivity index (χ0) is 6.20. The highest BCUT2D eigenvalue weighted by atomic mass is 14.3. The number of rotatable bonds is 0. The molecule has 8 heavy (non-hydrogen) atoms. The average Bonchev–Trinajstić information content (AvgIpc) is 1.86. The minimum Gasteiger partial charge on any atom is -0.102 e. The van der Waals surface area contributed by atoms with E-state index in [-0.39, 0.29) is 0 Å². The summed E-state index contributed by atoms with van der Waals surface area (Å²) in [7, 11) is 0. The molecule has 0 spiro atoms. The van der Waals surface area contributed by atoms with E-state index in [1.807, 2.05) is 0 Å². The van der Waals surface area contributed by atoms with E-state index in [9.17, 15) is 0 Å². The molecule has 0 heteroatoms. The Morgan fingerprint density at radius 3 is 2.25 bits per heavy atom. The lowest BCUT2D eigenvalue weighted by Gasteiger charge is -2.19. The predicted octanol–water partition coefficient (Wildman–Crippen LogP) is 2.06. The van der Waals surface area contributed by atoms with Crippen LogP contribution < -0.4 is 0 Å². The second-order valence-electron chi connectivity index (χ2n) is 3.13. The van der Waals surface area contributed by atoms with Gasteiger partial charge in [-0.25, -0.2) is 0 Å². The van der Waals surface area contributed by atoms with Gasteiger partial charge in [0.2, 0.25) is 0 Å². The Bertz CT molecular complexity index is 143. The quantitative estimate of drug-likeness (QED) is 0.417. The van der Waals surface area contributed by atoms with Crippen molar-refractivity contribution in [3.05, 3.63) is 0 Å². The normalized spacial score (nSPS) is 31.6. The van der Waals surface area contributed by atoms with Gasteiger partial charge in [0.15, 0.2) is 0 Å². The monoisotopic (exact) mass is 108 g/mol. The molecule has 0 N–H and O–H groups in total. The van der Waals surface area contributed by atoms with Crippen LogP contribution in [0.4, 0.5) is 0 Å². The minimum atomic E-state index is 0.292. The average molecular weight is 108 g/mol. The van der Waals surface area contributed by atoms with Gasteiger partial charge in [-0.05, 0) is 19.8 Å². The molecule has 0 aromatic carbocycles. The third kappa shape index (κ3) is 0.733. The van der Waals surface area contributed by atoms with Gasteiger partial charge in [0.1, 0.15) is 0 Å². The molecule has 0 fully saturated rings. The lowest BCUT2D eigenvalue weighted by molar-refractivity contribution is 0.345.